The average Bonchev–Trinajstić information content (AvgIpc) is 2.55. The molecule has 0 aliphatic rings. The molecule has 3 N–H and O–H groups in total. The third-order valence-electron chi connectivity index (χ3n) is 3.44. The molecule has 0 spiro atoms. The number of ether oxygens (including phenoxy) is 1. The number of nitrogens with two attached hydrogens (primary N) is 1. The summed E-state index contributed by atoms with van der Waals surface area (Å²) in [6.45, 7) is 6.44. The first-order chi connectivity index (χ1) is 11.1. The van der Waals surface area contributed by atoms with Gasteiger partial charge in [-0.25, -0.2) is 4.39 Å². The maximum Gasteiger partial charge on any atom is 0.165 e. The van der Waals surface area contributed by atoms with Gasteiger partial charge >= 0.3 is 0 Å². The Bertz CT molecular complexity index is 511. The lowest BCUT2D eigenvalue weighted by atomic mass is 10.1. The first kappa shape index (κ1) is 19.8. The summed E-state index contributed by atoms with van der Waals surface area (Å²) in [5.41, 5.74) is 6.32. The van der Waals surface area contributed by atoms with E-state index in [0.717, 1.165) is 24.8 Å². The van der Waals surface area contributed by atoms with E-state index in [1.807, 2.05) is 6.92 Å². The minimum atomic E-state index is -0.903. The van der Waals surface area contributed by atoms with Crippen molar-refractivity contribution in [1.82, 2.24) is 5.32 Å². The second kappa shape index (κ2) is 11.3. The minimum Gasteiger partial charge on any atom is -0.486 e. The summed E-state index contributed by atoms with van der Waals surface area (Å²) in [5.74, 6) is 0.908. The maximum atomic E-state index is 13.6. The highest BCUT2D eigenvalue weighted by Gasteiger charge is 2.11. The van der Waals surface area contributed by atoms with Crippen molar-refractivity contribution in [3.8, 4) is 5.75 Å². The van der Waals surface area contributed by atoms with Gasteiger partial charge in [0.25, 0.3) is 0 Å². The molecular weight excluding hydrogens is 315 g/mol. The first-order valence-corrected chi connectivity index (χ1v) is 9.38. The van der Waals surface area contributed by atoms with Crippen LogP contribution in [0.4, 0.5) is 4.39 Å². The van der Waals surface area contributed by atoms with Gasteiger partial charge in [-0.05, 0) is 44.0 Å². The fraction of sp³-hybridized carbons (Fsp3) is 0.529. The third-order valence-corrected chi connectivity index (χ3v) is 4.67. The number of rotatable bonds is 12. The van der Waals surface area contributed by atoms with Gasteiger partial charge in [0, 0.05) is 22.6 Å². The maximum absolute atomic E-state index is 13.6. The van der Waals surface area contributed by atoms with Crippen molar-refractivity contribution in [1.29, 1.82) is 0 Å². The molecule has 0 aliphatic carbocycles. The van der Waals surface area contributed by atoms with Crippen LogP contribution in [0.25, 0.3) is 0 Å². The Hall–Kier alpha value is -1.24. The number of benzene rings is 1. The molecule has 1 unspecified atom stereocenters. The molecule has 0 heterocycles. The number of hydrogen-bond acceptors (Lipinski definition) is 4. The molecule has 0 radical (unpaired) electrons. The molecule has 0 fully saturated rings. The molecule has 0 amide bonds. The second-order valence-electron chi connectivity index (χ2n) is 5.35. The van der Waals surface area contributed by atoms with E-state index in [-0.39, 0.29) is 18.4 Å². The summed E-state index contributed by atoms with van der Waals surface area (Å²) in [7, 11) is -0.903. The number of hydrogen-bond donors (Lipinski definition) is 2. The van der Waals surface area contributed by atoms with E-state index in [2.05, 4.69) is 11.9 Å². The van der Waals surface area contributed by atoms with E-state index in [4.69, 9.17) is 10.5 Å². The first-order valence-electron chi connectivity index (χ1n) is 7.90. The second-order valence-corrected chi connectivity index (χ2v) is 6.93. The van der Waals surface area contributed by atoms with Gasteiger partial charge in [0.1, 0.15) is 6.61 Å². The monoisotopic (exact) mass is 342 g/mol. The van der Waals surface area contributed by atoms with Crippen LogP contribution in [0.1, 0.15) is 37.8 Å². The van der Waals surface area contributed by atoms with Crippen molar-refractivity contribution in [2.45, 2.75) is 32.2 Å². The van der Waals surface area contributed by atoms with Gasteiger partial charge in [0.05, 0.1) is 5.88 Å². The predicted octanol–water partition coefficient (Wildman–Crippen LogP) is 2.88. The topological polar surface area (TPSA) is 64.3 Å². The SMILES string of the molecule is C=CCOc1cc([C@H](C)NCS(=O)CCCCCN)ccc1F. The number of unbranched alkanes of at least 4 members (excludes halogenated alkanes) is 2. The van der Waals surface area contributed by atoms with Crippen LogP contribution in [-0.4, -0.2) is 29.0 Å². The van der Waals surface area contributed by atoms with E-state index in [1.165, 1.54) is 6.07 Å². The molecule has 1 aromatic carbocycles. The lowest BCUT2D eigenvalue weighted by molar-refractivity contribution is 0.341. The summed E-state index contributed by atoms with van der Waals surface area (Å²) in [6.07, 6.45) is 4.49. The fourth-order valence-electron chi connectivity index (χ4n) is 2.04. The standard InChI is InChI=1S/C17H27FN2O2S/c1-3-10-22-17-12-15(7-8-16(17)18)14(2)20-13-23(21)11-6-4-5-9-19/h3,7-8,12,14,20H,1,4-6,9-11,13,19H2,2H3/t14-,23?/m0/s1. The molecule has 0 aromatic heterocycles. The molecule has 0 bridgehead atoms. The predicted molar refractivity (Wildman–Crippen MR) is 94.4 cm³/mol. The molecule has 2 atom stereocenters. The van der Waals surface area contributed by atoms with Gasteiger partial charge in [-0.15, -0.1) is 0 Å². The highest BCUT2D eigenvalue weighted by Crippen LogP contribution is 2.23. The van der Waals surface area contributed by atoms with Crippen LogP contribution in [0.5, 0.6) is 5.75 Å². The lowest BCUT2D eigenvalue weighted by Gasteiger charge is -2.15. The average molecular weight is 342 g/mol. The van der Waals surface area contributed by atoms with Gasteiger partial charge in [0.2, 0.25) is 0 Å². The van der Waals surface area contributed by atoms with E-state index in [0.29, 0.717) is 18.2 Å². The Morgan fingerprint density at radius 3 is 2.91 bits per heavy atom. The largest absolute Gasteiger partial charge is 0.486 e. The van der Waals surface area contributed by atoms with Crippen LogP contribution in [0.3, 0.4) is 0 Å². The van der Waals surface area contributed by atoms with E-state index < -0.39 is 16.6 Å². The Morgan fingerprint density at radius 1 is 1.43 bits per heavy atom. The van der Waals surface area contributed by atoms with Crippen molar-refractivity contribution < 1.29 is 13.3 Å². The van der Waals surface area contributed by atoms with Crippen molar-refractivity contribution in [3.05, 3.63) is 42.2 Å². The summed E-state index contributed by atoms with van der Waals surface area (Å²) < 4.78 is 30.8. The Balaban J connectivity index is 2.46. The molecule has 1 rings (SSSR count). The lowest BCUT2D eigenvalue weighted by Crippen LogP contribution is -2.24. The Kier molecular flexibility index (Phi) is 9.75. The van der Waals surface area contributed by atoms with E-state index in [9.17, 15) is 8.60 Å². The summed E-state index contributed by atoms with van der Waals surface area (Å²) in [5, 5.41) is 3.22. The van der Waals surface area contributed by atoms with Gasteiger partial charge < -0.3 is 10.5 Å². The third kappa shape index (κ3) is 7.72. The van der Waals surface area contributed by atoms with Crippen molar-refractivity contribution in [2.75, 3.05) is 24.8 Å². The van der Waals surface area contributed by atoms with Crippen LogP contribution >= 0.6 is 0 Å². The fourth-order valence-corrected chi connectivity index (χ4v) is 3.15. The minimum absolute atomic E-state index is 0.0327. The molecule has 0 saturated carbocycles. The summed E-state index contributed by atoms with van der Waals surface area (Å²) >= 11 is 0. The quantitative estimate of drug-likeness (QED) is 0.453. The molecule has 130 valence electrons. The van der Waals surface area contributed by atoms with Crippen LogP contribution in [0, 0.1) is 5.82 Å². The van der Waals surface area contributed by atoms with Crippen LogP contribution in [0.2, 0.25) is 0 Å². The molecule has 6 heteroatoms. The van der Waals surface area contributed by atoms with Gasteiger partial charge in [-0.3, -0.25) is 9.53 Å². The van der Waals surface area contributed by atoms with Crippen molar-refractivity contribution in [2.24, 2.45) is 5.73 Å². The van der Waals surface area contributed by atoms with Gasteiger partial charge in [-0.1, -0.05) is 25.1 Å². The number of nitrogens with one attached hydrogen (secondary N) is 1. The van der Waals surface area contributed by atoms with E-state index in [1.54, 1.807) is 18.2 Å². The number of halogens is 1. The summed E-state index contributed by atoms with van der Waals surface area (Å²) in [4.78, 5) is 0. The van der Waals surface area contributed by atoms with Gasteiger partial charge in [-0.2, -0.15) is 0 Å². The van der Waals surface area contributed by atoms with Crippen LogP contribution < -0.4 is 15.8 Å². The molecule has 23 heavy (non-hydrogen) atoms. The zero-order valence-corrected chi connectivity index (χ0v) is 14.5. The zero-order valence-electron chi connectivity index (χ0n) is 13.7. The molecule has 1 aromatic rings. The molecule has 0 saturated heterocycles. The normalized spacial score (nSPS) is 13.5. The van der Waals surface area contributed by atoms with Crippen LogP contribution in [0.15, 0.2) is 30.9 Å². The van der Waals surface area contributed by atoms with Crippen LogP contribution in [-0.2, 0) is 10.8 Å². The molecule has 0 aliphatic heterocycles. The zero-order chi connectivity index (χ0) is 17.1. The highest BCUT2D eigenvalue weighted by molar-refractivity contribution is 7.84. The van der Waals surface area contributed by atoms with E-state index >= 15 is 0 Å². The molecular formula is C17H27FN2O2S. The van der Waals surface area contributed by atoms with Crippen molar-refractivity contribution >= 4 is 10.8 Å². The Labute approximate surface area is 140 Å². The molecule has 4 nitrogen and oxygen atoms in total. The highest BCUT2D eigenvalue weighted by atomic mass is 32.2. The van der Waals surface area contributed by atoms with Crippen molar-refractivity contribution in [3.63, 3.8) is 0 Å². The Morgan fingerprint density at radius 2 is 2.22 bits per heavy atom. The summed E-state index contributed by atoms with van der Waals surface area (Å²) in [6, 6.07) is 4.73. The van der Waals surface area contributed by atoms with Gasteiger partial charge in [0.15, 0.2) is 11.6 Å². The smallest absolute Gasteiger partial charge is 0.165 e.